The minimum Gasteiger partial charge on any atom is -0.357 e. The molecule has 2 aromatic rings. The predicted molar refractivity (Wildman–Crippen MR) is 142 cm³/mol. The molecule has 0 aliphatic rings. The van der Waals surface area contributed by atoms with Crippen molar-refractivity contribution in [3.8, 4) is 0 Å². The highest BCUT2D eigenvalue weighted by atomic mass is 127. The number of hydrogen-bond acceptors (Lipinski definition) is 3. The molecular formula is C24H35FIN3O2S. The van der Waals surface area contributed by atoms with Crippen molar-refractivity contribution in [1.82, 2.24) is 10.6 Å². The van der Waals surface area contributed by atoms with E-state index in [4.69, 9.17) is 0 Å². The first-order valence-corrected chi connectivity index (χ1v) is 12.8. The molecule has 32 heavy (non-hydrogen) atoms. The van der Waals surface area contributed by atoms with Crippen LogP contribution in [0.1, 0.15) is 55.4 Å². The van der Waals surface area contributed by atoms with Crippen LogP contribution in [-0.4, -0.2) is 33.7 Å². The van der Waals surface area contributed by atoms with Gasteiger partial charge in [0.25, 0.3) is 0 Å². The van der Waals surface area contributed by atoms with E-state index in [1.165, 1.54) is 35.6 Å². The van der Waals surface area contributed by atoms with Crippen LogP contribution < -0.4 is 10.6 Å². The summed E-state index contributed by atoms with van der Waals surface area (Å²) in [7, 11) is -3.22. The highest BCUT2D eigenvalue weighted by molar-refractivity contribution is 14.0. The van der Waals surface area contributed by atoms with Crippen LogP contribution in [0.4, 0.5) is 4.39 Å². The van der Waals surface area contributed by atoms with E-state index in [-0.39, 0.29) is 36.3 Å². The van der Waals surface area contributed by atoms with E-state index < -0.39 is 15.7 Å². The largest absolute Gasteiger partial charge is 0.357 e. The first kappa shape index (κ1) is 28.4. The number of nitrogens with one attached hydrogen (secondary N) is 2. The van der Waals surface area contributed by atoms with Gasteiger partial charge in [0.15, 0.2) is 15.8 Å². The summed E-state index contributed by atoms with van der Waals surface area (Å²) in [5.74, 6) is 0.638. The van der Waals surface area contributed by atoms with Crippen LogP contribution in [0.15, 0.2) is 47.5 Å². The average Bonchev–Trinajstić information content (AvgIpc) is 2.70. The molecule has 2 N–H and O–H groups in total. The molecule has 0 unspecified atom stereocenters. The topological polar surface area (TPSA) is 70.6 Å². The van der Waals surface area contributed by atoms with E-state index in [1.54, 1.807) is 0 Å². The third-order valence-electron chi connectivity index (χ3n) is 4.92. The van der Waals surface area contributed by atoms with Gasteiger partial charge in [-0.1, -0.05) is 44.2 Å². The van der Waals surface area contributed by atoms with E-state index in [0.29, 0.717) is 29.5 Å². The molecule has 0 saturated carbocycles. The van der Waals surface area contributed by atoms with Gasteiger partial charge >= 0.3 is 0 Å². The Morgan fingerprint density at radius 3 is 2.34 bits per heavy atom. The average molecular weight is 576 g/mol. The second kappa shape index (κ2) is 13.8. The Kier molecular flexibility index (Phi) is 12.2. The van der Waals surface area contributed by atoms with Crippen molar-refractivity contribution >= 4 is 39.8 Å². The number of aliphatic imine (C=N–C) groups is 1. The molecule has 0 aliphatic heterocycles. The van der Waals surface area contributed by atoms with Gasteiger partial charge in [-0.15, -0.1) is 24.0 Å². The Bertz CT molecular complexity index is 977. The van der Waals surface area contributed by atoms with Crippen LogP contribution in [0.5, 0.6) is 0 Å². The van der Waals surface area contributed by atoms with Gasteiger partial charge in [-0.25, -0.2) is 17.8 Å². The van der Waals surface area contributed by atoms with E-state index >= 15 is 0 Å². The normalized spacial score (nSPS) is 11.9. The molecular weight excluding hydrogens is 540 g/mol. The molecule has 0 aliphatic carbocycles. The Morgan fingerprint density at radius 1 is 1.06 bits per heavy atom. The van der Waals surface area contributed by atoms with Crippen LogP contribution in [0.25, 0.3) is 0 Å². The van der Waals surface area contributed by atoms with Gasteiger partial charge in [0.2, 0.25) is 0 Å². The zero-order chi connectivity index (χ0) is 22.9. The number of nitrogens with zero attached hydrogens (tertiary/aromatic N) is 1. The van der Waals surface area contributed by atoms with Gasteiger partial charge in [-0.05, 0) is 60.1 Å². The van der Waals surface area contributed by atoms with Crippen LogP contribution in [0.2, 0.25) is 0 Å². The SMILES string of the molecule is CCNC(=NCc1cc(F)ccc1CS(C)(=O)=O)NCCCc1ccc(C(C)C)cc1.I. The molecule has 0 saturated heterocycles. The Hall–Kier alpha value is -1.68. The van der Waals surface area contributed by atoms with Crippen molar-refractivity contribution in [3.05, 3.63) is 70.5 Å². The molecule has 0 heterocycles. The standard InChI is InChI=1S/C24H34FN3O2S.HI/c1-5-26-24(27-14-6-7-19-8-10-20(11-9-19)18(2)3)28-16-22-15-23(25)13-12-21(22)17-31(4,29)30;/h8-13,15,18H,5-7,14,16-17H2,1-4H3,(H2,26,27,28);1H. The van der Waals surface area contributed by atoms with Gasteiger partial charge < -0.3 is 10.6 Å². The molecule has 0 aromatic heterocycles. The summed E-state index contributed by atoms with van der Waals surface area (Å²) < 4.78 is 37.0. The van der Waals surface area contributed by atoms with Crippen LogP contribution >= 0.6 is 24.0 Å². The maximum Gasteiger partial charge on any atom is 0.191 e. The fourth-order valence-electron chi connectivity index (χ4n) is 3.24. The van der Waals surface area contributed by atoms with E-state index in [9.17, 15) is 12.8 Å². The minimum atomic E-state index is -3.22. The Morgan fingerprint density at radius 2 is 1.75 bits per heavy atom. The number of hydrogen-bond donors (Lipinski definition) is 2. The lowest BCUT2D eigenvalue weighted by Crippen LogP contribution is -2.37. The summed E-state index contributed by atoms with van der Waals surface area (Å²) in [6.07, 6.45) is 3.09. The molecule has 0 spiro atoms. The van der Waals surface area contributed by atoms with Crippen LogP contribution in [-0.2, 0) is 28.6 Å². The molecule has 178 valence electrons. The summed E-state index contributed by atoms with van der Waals surface area (Å²) in [5, 5.41) is 6.48. The molecule has 0 fully saturated rings. The second-order valence-electron chi connectivity index (χ2n) is 8.10. The van der Waals surface area contributed by atoms with E-state index in [0.717, 1.165) is 19.4 Å². The van der Waals surface area contributed by atoms with Crippen molar-refractivity contribution < 1.29 is 12.8 Å². The van der Waals surface area contributed by atoms with Gasteiger partial charge in [-0.2, -0.15) is 0 Å². The molecule has 8 heteroatoms. The zero-order valence-electron chi connectivity index (χ0n) is 19.3. The van der Waals surface area contributed by atoms with Crippen LogP contribution in [0.3, 0.4) is 0 Å². The van der Waals surface area contributed by atoms with Crippen molar-refractivity contribution in [3.63, 3.8) is 0 Å². The van der Waals surface area contributed by atoms with Crippen molar-refractivity contribution in [1.29, 1.82) is 0 Å². The molecule has 5 nitrogen and oxygen atoms in total. The quantitative estimate of drug-likeness (QED) is 0.185. The molecule has 0 bridgehead atoms. The van der Waals surface area contributed by atoms with Gasteiger partial charge in [0.1, 0.15) is 5.82 Å². The monoisotopic (exact) mass is 575 g/mol. The number of rotatable bonds is 10. The summed E-state index contributed by atoms with van der Waals surface area (Å²) >= 11 is 0. The van der Waals surface area contributed by atoms with E-state index in [2.05, 4.69) is 53.7 Å². The lowest BCUT2D eigenvalue weighted by Gasteiger charge is -2.13. The number of guanidine groups is 1. The predicted octanol–water partition coefficient (Wildman–Crippen LogP) is 4.80. The maximum absolute atomic E-state index is 13.7. The smallest absolute Gasteiger partial charge is 0.191 e. The minimum absolute atomic E-state index is 0. The van der Waals surface area contributed by atoms with Crippen LogP contribution in [0, 0.1) is 5.82 Å². The molecule has 0 radical (unpaired) electrons. The lowest BCUT2D eigenvalue weighted by molar-refractivity contribution is 0.600. The van der Waals surface area contributed by atoms with Crippen molar-refractivity contribution in [2.45, 2.75) is 51.8 Å². The van der Waals surface area contributed by atoms with Gasteiger partial charge in [0.05, 0.1) is 12.3 Å². The number of halogens is 2. The van der Waals surface area contributed by atoms with Crippen molar-refractivity contribution in [2.75, 3.05) is 19.3 Å². The number of aryl methyl sites for hydroxylation is 1. The third kappa shape index (κ3) is 10.3. The lowest BCUT2D eigenvalue weighted by atomic mass is 10.0. The first-order chi connectivity index (χ1) is 14.7. The Balaban J connectivity index is 0.00000512. The second-order valence-corrected chi connectivity index (χ2v) is 10.2. The summed E-state index contributed by atoms with van der Waals surface area (Å²) in [5.41, 5.74) is 3.80. The van der Waals surface area contributed by atoms with E-state index in [1.807, 2.05) is 6.92 Å². The summed E-state index contributed by atoms with van der Waals surface area (Å²) in [6, 6.07) is 12.9. The molecule has 0 amide bonds. The molecule has 2 rings (SSSR count). The van der Waals surface area contributed by atoms with Gasteiger partial charge in [0, 0.05) is 19.3 Å². The molecule has 0 atom stereocenters. The summed E-state index contributed by atoms with van der Waals surface area (Å²) in [6.45, 7) is 8.00. The highest BCUT2D eigenvalue weighted by Crippen LogP contribution is 2.16. The zero-order valence-corrected chi connectivity index (χ0v) is 22.5. The maximum atomic E-state index is 13.7. The third-order valence-corrected chi connectivity index (χ3v) is 5.75. The van der Waals surface area contributed by atoms with Gasteiger partial charge in [-0.3, -0.25) is 0 Å². The Labute approximate surface area is 209 Å². The highest BCUT2D eigenvalue weighted by Gasteiger charge is 2.11. The number of sulfone groups is 1. The number of benzene rings is 2. The van der Waals surface area contributed by atoms with Crippen molar-refractivity contribution in [2.24, 2.45) is 4.99 Å². The molecule has 2 aromatic carbocycles. The fraction of sp³-hybridized carbons (Fsp3) is 0.458. The fourth-order valence-corrected chi connectivity index (χ4v) is 4.09. The summed E-state index contributed by atoms with van der Waals surface area (Å²) in [4.78, 5) is 4.52. The first-order valence-electron chi connectivity index (χ1n) is 10.7.